The van der Waals surface area contributed by atoms with Crippen molar-refractivity contribution in [3.8, 4) is 0 Å². The van der Waals surface area contributed by atoms with Crippen LogP contribution in [0.3, 0.4) is 0 Å². The van der Waals surface area contributed by atoms with Crippen LogP contribution in [0.5, 0.6) is 0 Å². The highest BCUT2D eigenvalue weighted by Gasteiger charge is 1.91. The van der Waals surface area contributed by atoms with E-state index in [0.717, 1.165) is 18.7 Å². The van der Waals surface area contributed by atoms with E-state index in [9.17, 15) is 0 Å². The van der Waals surface area contributed by atoms with Gasteiger partial charge in [-0.15, -0.1) is 11.6 Å². The molecule has 0 aromatic heterocycles. The van der Waals surface area contributed by atoms with E-state index in [0.29, 0.717) is 0 Å². The first-order valence-electron chi connectivity index (χ1n) is 9.23. The fourth-order valence-corrected chi connectivity index (χ4v) is 2.59. The Kier molecular flexibility index (Phi) is 16.5. The highest BCUT2D eigenvalue weighted by molar-refractivity contribution is 6.17. The lowest BCUT2D eigenvalue weighted by atomic mass is 10.1. The van der Waals surface area contributed by atoms with Gasteiger partial charge in [-0.05, 0) is 58.8 Å². The third-order valence-electron chi connectivity index (χ3n) is 3.97. The summed E-state index contributed by atoms with van der Waals surface area (Å²) in [7, 11) is 0. The average molecular weight is 325 g/mol. The van der Waals surface area contributed by atoms with Crippen LogP contribution in [0.15, 0.2) is 35.5 Å². The Morgan fingerprint density at radius 2 is 1.55 bits per heavy atom. The van der Waals surface area contributed by atoms with Crippen LogP contribution in [0, 0.1) is 0 Å². The zero-order chi connectivity index (χ0) is 16.5. The molecule has 22 heavy (non-hydrogen) atoms. The van der Waals surface area contributed by atoms with E-state index in [2.05, 4.69) is 45.1 Å². The minimum Gasteiger partial charge on any atom is -0.127 e. The van der Waals surface area contributed by atoms with Crippen LogP contribution < -0.4 is 0 Å². The van der Waals surface area contributed by atoms with Gasteiger partial charge in [0.05, 0.1) is 0 Å². The van der Waals surface area contributed by atoms with Crippen LogP contribution >= 0.6 is 11.6 Å². The summed E-state index contributed by atoms with van der Waals surface area (Å²) in [6.07, 6.45) is 23.2. The molecule has 0 aromatic rings. The molecule has 0 aromatic carbocycles. The van der Waals surface area contributed by atoms with Crippen LogP contribution in [0.2, 0.25) is 0 Å². The molecule has 0 aliphatic heterocycles. The molecule has 0 bridgehead atoms. The summed E-state index contributed by atoms with van der Waals surface area (Å²) in [5, 5.41) is 0. The quantitative estimate of drug-likeness (QED) is 0.172. The lowest BCUT2D eigenvalue weighted by Gasteiger charge is -2.00. The van der Waals surface area contributed by atoms with Gasteiger partial charge in [0.15, 0.2) is 0 Å². The van der Waals surface area contributed by atoms with Crippen molar-refractivity contribution in [2.45, 2.75) is 91.4 Å². The summed E-state index contributed by atoms with van der Waals surface area (Å²) in [5.74, 6) is 0.812. The highest BCUT2D eigenvalue weighted by atomic mass is 35.5. The molecule has 0 heterocycles. The normalized spacial score (nSPS) is 13.3. The molecule has 0 fully saturated rings. The Labute approximate surface area is 144 Å². The Morgan fingerprint density at radius 1 is 0.818 bits per heavy atom. The second kappa shape index (κ2) is 16.9. The van der Waals surface area contributed by atoms with Gasteiger partial charge < -0.3 is 0 Å². The topological polar surface area (TPSA) is 0 Å². The monoisotopic (exact) mass is 324 g/mol. The molecule has 0 radical (unpaired) electrons. The van der Waals surface area contributed by atoms with Crippen molar-refractivity contribution in [2.75, 3.05) is 5.88 Å². The summed E-state index contributed by atoms with van der Waals surface area (Å²) < 4.78 is 0. The Hall–Kier alpha value is -0.490. The van der Waals surface area contributed by atoms with E-state index in [1.165, 1.54) is 63.4 Å². The molecule has 0 rings (SSSR count). The molecular formula is C21H37Cl. The van der Waals surface area contributed by atoms with Crippen molar-refractivity contribution in [1.29, 1.82) is 0 Å². The van der Waals surface area contributed by atoms with Crippen molar-refractivity contribution in [3.63, 3.8) is 0 Å². The van der Waals surface area contributed by atoms with Gasteiger partial charge in [-0.25, -0.2) is 0 Å². The van der Waals surface area contributed by atoms with E-state index in [1.807, 2.05) is 0 Å². The van der Waals surface area contributed by atoms with Gasteiger partial charge in [-0.3, -0.25) is 0 Å². The molecule has 0 saturated carbocycles. The maximum absolute atomic E-state index is 5.67. The summed E-state index contributed by atoms with van der Waals surface area (Å²) in [4.78, 5) is 0. The highest BCUT2D eigenvalue weighted by Crippen LogP contribution is 2.11. The van der Waals surface area contributed by atoms with Crippen molar-refractivity contribution >= 4 is 11.6 Å². The fraction of sp³-hybridized carbons (Fsp3) is 0.714. The third-order valence-corrected chi connectivity index (χ3v) is 4.24. The number of alkyl halides is 1. The molecular weight excluding hydrogens is 288 g/mol. The van der Waals surface area contributed by atoms with Crippen LogP contribution in [-0.4, -0.2) is 5.88 Å². The second-order valence-corrected chi connectivity index (χ2v) is 6.74. The van der Waals surface area contributed by atoms with E-state index in [1.54, 1.807) is 5.57 Å². The summed E-state index contributed by atoms with van der Waals surface area (Å²) >= 11 is 5.67. The average Bonchev–Trinajstić information content (AvgIpc) is 2.50. The molecule has 128 valence electrons. The van der Waals surface area contributed by atoms with Crippen molar-refractivity contribution in [1.82, 2.24) is 0 Å². The number of allylic oxidation sites excluding steroid dienone is 6. The van der Waals surface area contributed by atoms with E-state index < -0.39 is 0 Å². The Bertz CT molecular complexity index is 323. The van der Waals surface area contributed by atoms with Gasteiger partial charge in [0, 0.05) is 5.88 Å². The number of unbranched alkanes of at least 4 members (excludes halogenated alkanes) is 6. The Balaban J connectivity index is 3.68. The standard InChI is InChI=1S/C21H37Cl/c1-4-5-11-15-20(2)17-14-18-21(3)16-12-9-7-6-8-10-13-19-22/h9,12,17-18H,4-8,10-11,13-16,19H2,1-3H3/b12-9+,20-17+,21-18+. The molecule has 0 amide bonds. The first kappa shape index (κ1) is 21.5. The fourth-order valence-electron chi connectivity index (χ4n) is 2.40. The molecule has 0 N–H and O–H groups in total. The smallest absolute Gasteiger partial charge is 0.0223 e. The Morgan fingerprint density at radius 3 is 2.27 bits per heavy atom. The zero-order valence-electron chi connectivity index (χ0n) is 15.2. The molecule has 0 saturated heterocycles. The lowest BCUT2D eigenvalue weighted by molar-refractivity contribution is 0.676. The number of halogens is 1. The van der Waals surface area contributed by atoms with Crippen molar-refractivity contribution < 1.29 is 0 Å². The molecule has 0 aliphatic carbocycles. The summed E-state index contributed by atoms with van der Waals surface area (Å²) in [6.45, 7) is 6.77. The minimum atomic E-state index is 0.812. The van der Waals surface area contributed by atoms with Crippen molar-refractivity contribution in [2.24, 2.45) is 0 Å². The van der Waals surface area contributed by atoms with Gasteiger partial charge >= 0.3 is 0 Å². The molecule has 0 spiro atoms. The van der Waals surface area contributed by atoms with Gasteiger partial charge in [0.25, 0.3) is 0 Å². The van der Waals surface area contributed by atoms with Crippen molar-refractivity contribution in [3.05, 3.63) is 35.5 Å². The van der Waals surface area contributed by atoms with Crippen LogP contribution in [0.25, 0.3) is 0 Å². The van der Waals surface area contributed by atoms with E-state index in [-0.39, 0.29) is 0 Å². The number of hydrogen-bond donors (Lipinski definition) is 0. The number of rotatable bonds is 14. The number of hydrogen-bond acceptors (Lipinski definition) is 0. The van der Waals surface area contributed by atoms with Crippen LogP contribution in [0.1, 0.15) is 91.4 Å². The summed E-state index contributed by atoms with van der Waals surface area (Å²) in [6, 6.07) is 0. The van der Waals surface area contributed by atoms with Crippen LogP contribution in [0.4, 0.5) is 0 Å². The van der Waals surface area contributed by atoms with Gasteiger partial charge in [-0.1, -0.05) is 68.1 Å². The van der Waals surface area contributed by atoms with E-state index in [4.69, 9.17) is 11.6 Å². The van der Waals surface area contributed by atoms with Gasteiger partial charge in [0.1, 0.15) is 0 Å². The molecule has 1 heteroatoms. The maximum Gasteiger partial charge on any atom is 0.0223 e. The maximum atomic E-state index is 5.67. The lowest BCUT2D eigenvalue weighted by Crippen LogP contribution is -1.80. The van der Waals surface area contributed by atoms with Crippen LogP contribution in [-0.2, 0) is 0 Å². The largest absolute Gasteiger partial charge is 0.127 e. The second-order valence-electron chi connectivity index (χ2n) is 6.36. The van der Waals surface area contributed by atoms with E-state index >= 15 is 0 Å². The molecule has 0 aliphatic rings. The SMILES string of the molecule is CCCCC/C(C)=C/C/C=C(\C)C/C=C/CCCCCCCl. The first-order valence-corrected chi connectivity index (χ1v) is 9.76. The van der Waals surface area contributed by atoms with Gasteiger partial charge in [0.2, 0.25) is 0 Å². The molecule has 0 unspecified atom stereocenters. The first-order chi connectivity index (χ1) is 10.7. The zero-order valence-corrected chi connectivity index (χ0v) is 15.9. The molecule has 0 atom stereocenters. The third kappa shape index (κ3) is 15.9. The van der Waals surface area contributed by atoms with Gasteiger partial charge in [-0.2, -0.15) is 0 Å². The minimum absolute atomic E-state index is 0.812. The predicted octanol–water partition coefficient (Wildman–Crippen LogP) is 7.99. The summed E-state index contributed by atoms with van der Waals surface area (Å²) in [5.41, 5.74) is 3.03. The predicted molar refractivity (Wildman–Crippen MR) is 104 cm³/mol. The molecule has 0 nitrogen and oxygen atoms in total.